The van der Waals surface area contributed by atoms with E-state index in [1.807, 2.05) is 36.4 Å². The standard InChI is InChI=1S/C26H28N4O4/c1-16(31)28-22-13-18(10-11-27-22)24-19(12-17-8-6-5-7-9-17)23-20(29-24)14-30(15-21(23)32)25(33)34-26(2,3)4/h5-11,13,29H,12,14-15H2,1-4H3,(H,27,28,31). The predicted molar refractivity (Wildman–Crippen MR) is 129 cm³/mol. The molecule has 8 heteroatoms. The van der Waals surface area contributed by atoms with Crippen LogP contribution >= 0.6 is 0 Å². The van der Waals surface area contributed by atoms with Crippen molar-refractivity contribution in [3.05, 3.63) is 71.0 Å². The molecule has 0 unspecified atom stereocenters. The highest BCUT2D eigenvalue weighted by Crippen LogP contribution is 2.34. The molecule has 1 aliphatic rings. The Balaban J connectivity index is 1.77. The van der Waals surface area contributed by atoms with Crippen LogP contribution in [0.5, 0.6) is 0 Å². The van der Waals surface area contributed by atoms with E-state index in [1.165, 1.54) is 11.8 Å². The molecule has 176 valence electrons. The van der Waals surface area contributed by atoms with E-state index in [0.717, 1.165) is 22.4 Å². The van der Waals surface area contributed by atoms with Crippen molar-refractivity contribution in [2.45, 2.75) is 46.3 Å². The number of ketones is 1. The van der Waals surface area contributed by atoms with Crippen LogP contribution in [0.1, 0.15) is 54.9 Å². The van der Waals surface area contributed by atoms with E-state index in [-0.39, 0.29) is 24.8 Å². The number of hydrogen-bond acceptors (Lipinski definition) is 5. The van der Waals surface area contributed by atoms with Crippen molar-refractivity contribution in [1.29, 1.82) is 0 Å². The summed E-state index contributed by atoms with van der Waals surface area (Å²) in [6, 6.07) is 13.5. The molecule has 0 atom stereocenters. The van der Waals surface area contributed by atoms with Gasteiger partial charge in [0.15, 0.2) is 5.78 Å². The largest absolute Gasteiger partial charge is 0.444 e. The van der Waals surface area contributed by atoms with Gasteiger partial charge >= 0.3 is 6.09 Å². The molecule has 0 fully saturated rings. The molecule has 0 aliphatic carbocycles. The zero-order chi connectivity index (χ0) is 24.5. The van der Waals surface area contributed by atoms with Crippen molar-refractivity contribution in [2.75, 3.05) is 11.9 Å². The molecule has 0 saturated carbocycles. The molecule has 0 saturated heterocycles. The topological polar surface area (TPSA) is 104 Å². The van der Waals surface area contributed by atoms with E-state index in [4.69, 9.17) is 4.74 Å². The number of Topliss-reactive ketones (excluding diaryl/α,β-unsaturated/α-hetero) is 1. The molecule has 0 spiro atoms. The molecule has 0 bridgehead atoms. The first-order valence-electron chi connectivity index (χ1n) is 11.1. The highest BCUT2D eigenvalue weighted by Gasteiger charge is 2.34. The number of rotatable bonds is 4. The first-order chi connectivity index (χ1) is 16.1. The van der Waals surface area contributed by atoms with Gasteiger partial charge in [-0.3, -0.25) is 14.5 Å². The molecule has 3 heterocycles. The minimum Gasteiger partial charge on any atom is -0.444 e. The minimum atomic E-state index is -0.656. The molecular weight excluding hydrogens is 432 g/mol. The van der Waals surface area contributed by atoms with Crippen LogP contribution in [0.15, 0.2) is 48.7 Å². The maximum absolute atomic E-state index is 13.3. The minimum absolute atomic E-state index is 0.0471. The second-order valence-electron chi connectivity index (χ2n) is 9.37. The third kappa shape index (κ3) is 5.17. The number of H-pyrrole nitrogens is 1. The Kier molecular flexibility index (Phi) is 6.24. The molecule has 2 aromatic heterocycles. The third-order valence-electron chi connectivity index (χ3n) is 5.37. The summed E-state index contributed by atoms with van der Waals surface area (Å²) in [4.78, 5) is 46.5. The number of fused-ring (bicyclic) bond motifs is 1. The fourth-order valence-electron chi connectivity index (χ4n) is 4.06. The van der Waals surface area contributed by atoms with Gasteiger partial charge in [-0.15, -0.1) is 0 Å². The van der Waals surface area contributed by atoms with Gasteiger partial charge in [0.25, 0.3) is 0 Å². The van der Waals surface area contributed by atoms with Gasteiger partial charge in [0.2, 0.25) is 5.91 Å². The van der Waals surface area contributed by atoms with Gasteiger partial charge in [0.1, 0.15) is 11.4 Å². The van der Waals surface area contributed by atoms with Crippen molar-refractivity contribution < 1.29 is 19.1 Å². The summed E-state index contributed by atoms with van der Waals surface area (Å²) in [5, 5.41) is 2.70. The van der Waals surface area contributed by atoms with Crippen molar-refractivity contribution in [3.8, 4) is 11.3 Å². The zero-order valence-corrected chi connectivity index (χ0v) is 19.8. The van der Waals surface area contributed by atoms with E-state index < -0.39 is 11.7 Å². The normalized spacial score (nSPS) is 13.4. The number of benzene rings is 1. The Bertz CT molecular complexity index is 1240. The van der Waals surface area contributed by atoms with Gasteiger partial charge in [-0.25, -0.2) is 9.78 Å². The highest BCUT2D eigenvalue weighted by molar-refractivity contribution is 6.04. The molecular formula is C26H28N4O4. The average Bonchev–Trinajstić information content (AvgIpc) is 3.12. The molecule has 1 aromatic carbocycles. The number of carbonyl (C=O) groups is 3. The lowest BCUT2D eigenvalue weighted by Gasteiger charge is -2.29. The number of carbonyl (C=O) groups excluding carboxylic acids is 3. The van der Waals surface area contributed by atoms with Crippen LogP contribution in [-0.4, -0.2) is 44.8 Å². The van der Waals surface area contributed by atoms with Crippen molar-refractivity contribution in [2.24, 2.45) is 0 Å². The zero-order valence-electron chi connectivity index (χ0n) is 19.8. The van der Waals surface area contributed by atoms with E-state index >= 15 is 0 Å². The van der Waals surface area contributed by atoms with E-state index in [1.54, 1.807) is 33.0 Å². The van der Waals surface area contributed by atoms with Crippen LogP contribution < -0.4 is 5.32 Å². The number of anilines is 1. The molecule has 4 rings (SSSR count). The SMILES string of the molecule is CC(=O)Nc1cc(-c2[nH]c3c(c2Cc2ccccc2)C(=O)CN(C(=O)OC(C)(C)C)C3)ccn1. The average molecular weight is 461 g/mol. The van der Waals surface area contributed by atoms with Crippen LogP contribution in [0, 0.1) is 0 Å². The van der Waals surface area contributed by atoms with Gasteiger partial charge < -0.3 is 15.0 Å². The monoisotopic (exact) mass is 460 g/mol. The number of amides is 2. The van der Waals surface area contributed by atoms with Crippen LogP contribution in [-0.2, 0) is 22.5 Å². The fraction of sp³-hybridized carbons (Fsp3) is 0.308. The Morgan fingerprint density at radius 1 is 1.15 bits per heavy atom. The molecule has 2 amide bonds. The summed E-state index contributed by atoms with van der Waals surface area (Å²) >= 11 is 0. The maximum atomic E-state index is 13.3. The lowest BCUT2D eigenvalue weighted by Crippen LogP contribution is -2.42. The smallest absolute Gasteiger partial charge is 0.411 e. The van der Waals surface area contributed by atoms with Gasteiger partial charge in [-0.05, 0) is 44.0 Å². The lowest BCUT2D eigenvalue weighted by atomic mass is 9.93. The van der Waals surface area contributed by atoms with Gasteiger partial charge in [-0.2, -0.15) is 0 Å². The maximum Gasteiger partial charge on any atom is 0.411 e. The number of nitrogens with one attached hydrogen (secondary N) is 2. The summed E-state index contributed by atoms with van der Waals surface area (Å²) in [5.41, 5.74) is 4.09. The Morgan fingerprint density at radius 3 is 2.56 bits per heavy atom. The molecule has 1 aliphatic heterocycles. The molecule has 2 N–H and O–H groups in total. The first-order valence-corrected chi connectivity index (χ1v) is 11.1. The number of hydrogen-bond donors (Lipinski definition) is 2. The van der Waals surface area contributed by atoms with E-state index in [2.05, 4.69) is 15.3 Å². The van der Waals surface area contributed by atoms with Crippen LogP contribution in [0.2, 0.25) is 0 Å². The number of aromatic amines is 1. The summed E-state index contributed by atoms with van der Waals surface area (Å²) in [6.45, 7) is 7.00. The van der Waals surface area contributed by atoms with Crippen molar-refractivity contribution in [1.82, 2.24) is 14.9 Å². The first kappa shape index (κ1) is 23.2. The van der Waals surface area contributed by atoms with Gasteiger partial charge in [0.05, 0.1) is 18.8 Å². The lowest BCUT2D eigenvalue weighted by molar-refractivity contribution is -0.114. The molecule has 0 radical (unpaired) electrons. The predicted octanol–water partition coefficient (Wildman–Crippen LogP) is 4.56. The highest BCUT2D eigenvalue weighted by atomic mass is 16.6. The summed E-state index contributed by atoms with van der Waals surface area (Å²) in [6.07, 6.45) is 1.63. The quantitative estimate of drug-likeness (QED) is 0.594. The number of ether oxygens (including phenoxy) is 1. The van der Waals surface area contributed by atoms with E-state index in [0.29, 0.717) is 23.5 Å². The Hall–Kier alpha value is -3.94. The van der Waals surface area contributed by atoms with Crippen molar-refractivity contribution in [3.63, 3.8) is 0 Å². The molecule has 8 nitrogen and oxygen atoms in total. The van der Waals surface area contributed by atoms with Crippen LogP contribution in [0.3, 0.4) is 0 Å². The van der Waals surface area contributed by atoms with Crippen molar-refractivity contribution >= 4 is 23.6 Å². The van der Waals surface area contributed by atoms with Gasteiger partial charge in [-0.1, -0.05) is 30.3 Å². The number of nitrogens with zero attached hydrogens (tertiary/aromatic N) is 2. The third-order valence-corrected chi connectivity index (χ3v) is 5.37. The fourth-order valence-corrected chi connectivity index (χ4v) is 4.06. The Labute approximate surface area is 198 Å². The number of pyridine rings is 1. The van der Waals surface area contributed by atoms with Crippen LogP contribution in [0.25, 0.3) is 11.3 Å². The Morgan fingerprint density at radius 2 is 1.88 bits per heavy atom. The molecule has 34 heavy (non-hydrogen) atoms. The second kappa shape index (κ2) is 9.13. The van der Waals surface area contributed by atoms with Crippen LogP contribution in [0.4, 0.5) is 10.6 Å². The summed E-state index contributed by atoms with van der Waals surface area (Å²) in [5.74, 6) is 0.0599. The summed E-state index contributed by atoms with van der Waals surface area (Å²) in [7, 11) is 0. The molecule has 3 aromatic rings. The number of aromatic nitrogens is 2. The van der Waals surface area contributed by atoms with Gasteiger partial charge in [0, 0.05) is 36.4 Å². The summed E-state index contributed by atoms with van der Waals surface area (Å²) < 4.78 is 5.48. The second-order valence-corrected chi connectivity index (χ2v) is 9.37. The van der Waals surface area contributed by atoms with E-state index in [9.17, 15) is 14.4 Å².